The maximum Gasteiger partial charge on any atom is 0.417 e. The number of halogens is 3. The summed E-state index contributed by atoms with van der Waals surface area (Å²) < 4.78 is 42.6. The van der Waals surface area contributed by atoms with Crippen molar-refractivity contribution in [3.05, 3.63) is 0 Å². The number of ether oxygens (including phenoxy) is 1. The lowest BCUT2D eigenvalue weighted by molar-refractivity contribution is -0.187. The predicted octanol–water partition coefficient (Wildman–Crippen LogP) is 2.72. The third kappa shape index (κ3) is 3.89. The molecule has 4 nitrogen and oxygen atoms in total. The molecule has 0 spiro atoms. The fourth-order valence-electron chi connectivity index (χ4n) is 1.61. The van der Waals surface area contributed by atoms with Gasteiger partial charge in [0, 0.05) is 13.0 Å². The molecule has 1 unspecified atom stereocenters. The molecular formula is C11H16F3NO3. The van der Waals surface area contributed by atoms with Gasteiger partial charge in [0.15, 0.2) is 0 Å². The zero-order valence-corrected chi connectivity index (χ0v) is 10.5. The Morgan fingerprint density at radius 1 is 1.33 bits per heavy atom. The number of amides is 2. The normalized spacial score (nSPS) is 22.0. The third-order valence-corrected chi connectivity index (χ3v) is 2.49. The number of carbonyl (C=O) groups is 2. The van der Waals surface area contributed by atoms with Crippen LogP contribution >= 0.6 is 0 Å². The van der Waals surface area contributed by atoms with Crippen LogP contribution in [0.1, 0.15) is 33.6 Å². The maximum atomic E-state index is 12.6. The van der Waals surface area contributed by atoms with Gasteiger partial charge in [-0.25, -0.2) is 9.69 Å². The lowest BCUT2D eigenvalue weighted by Gasteiger charge is -2.33. The van der Waals surface area contributed by atoms with Crippen molar-refractivity contribution >= 4 is 12.0 Å². The Morgan fingerprint density at radius 2 is 1.89 bits per heavy atom. The maximum absolute atomic E-state index is 12.6. The highest BCUT2D eigenvalue weighted by Crippen LogP contribution is 2.33. The SMILES string of the molecule is CC(C)(C)OC(=O)N1CC(C(F)(F)F)CCC1=O. The van der Waals surface area contributed by atoms with Crippen LogP contribution in [0.3, 0.4) is 0 Å². The molecule has 1 fully saturated rings. The van der Waals surface area contributed by atoms with Gasteiger partial charge in [0.1, 0.15) is 5.60 Å². The third-order valence-electron chi connectivity index (χ3n) is 2.49. The summed E-state index contributed by atoms with van der Waals surface area (Å²) in [6, 6.07) is 0. The number of piperidine rings is 1. The molecule has 1 rings (SSSR count). The van der Waals surface area contributed by atoms with Crippen LogP contribution in [0.4, 0.5) is 18.0 Å². The first-order chi connectivity index (χ1) is 8.00. The molecular weight excluding hydrogens is 251 g/mol. The smallest absolute Gasteiger partial charge is 0.417 e. The Morgan fingerprint density at radius 3 is 2.33 bits per heavy atom. The van der Waals surface area contributed by atoms with Gasteiger partial charge < -0.3 is 4.74 Å². The molecule has 2 amide bonds. The molecule has 1 heterocycles. The molecule has 1 aliphatic heterocycles. The first kappa shape index (κ1) is 14.8. The number of rotatable bonds is 0. The van der Waals surface area contributed by atoms with Crippen LogP contribution in [0.5, 0.6) is 0 Å². The molecule has 1 atom stereocenters. The van der Waals surface area contributed by atoms with Crippen molar-refractivity contribution in [3.63, 3.8) is 0 Å². The Bertz CT molecular complexity index is 346. The molecule has 0 N–H and O–H groups in total. The minimum absolute atomic E-state index is 0.276. The zero-order valence-electron chi connectivity index (χ0n) is 10.5. The quantitative estimate of drug-likeness (QED) is 0.678. The number of alkyl halides is 3. The largest absolute Gasteiger partial charge is 0.443 e. The van der Waals surface area contributed by atoms with Crippen LogP contribution in [-0.2, 0) is 9.53 Å². The van der Waals surface area contributed by atoms with E-state index in [9.17, 15) is 22.8 Å². The molecule has 0 saturated carbocycles. The lowest BCUT2D eigenvalue weighted by Crippen LogP contribution is -2.49. The summed E-state index contributed by atoms with van der Waals surface area (Å²) in [6.07, 6.45) is -5.98. The van der Waals surface area contributed by atoms with Gasteiger partial charge in [0.2, 0.25) is 5.91 Å². The lowest BCUT2D eigenvalue weighted by atomic mass is 9.97. The molecule has 7 heteroatoms. The summed E-state index contributed by atoms with van der Waals surface area (Å²) in [5.74, 6) is -2.28. The monoisotopic (exact) mass is 267 g/mol. The summed E-state index contributed by atoms with van der Waals surface area (Å²) in [4.78, 5) is 23.6. The minimum Gasteiger partial charge on any atom is -0.443 e. The summed E-state index contributed by atoms with van der Waals surface area (Å²) in [6.45, 7) is 4.10. The molecule has 0 aliphatic carbocycles. The molecule has 1 saturated heterocycles. The average molecular weight is 267 g/mol. The number of imide groups is 1. The van der Waals surface area contributed by atoms with Crippen LogP contribution in [-0.4, -0.2) is 35.2 Å². The van der Waals surface area contributed by atoms with Gasteiger partial charge in [-0.05, 0) is 27.2 Å². The van der Waals surface area contributed by atoms with Crippen LogP contribution in [0, 0.1) is 5.92 Å². The highest BCUT2D eigenvalue weighted by molar-refractivity contribution is 5.92. The highest BCUT2D eigenvalue weighted by atomic mass is 19.4. The van der Waals surface area contributed by atoms with Gasteiger partial charge in [-0.3, -0.25) is 4.79 Å². The summed E-state index contributed by atoms with van der Waals surface area (Å²) in [7, 11) is 0. The standard InChI is InChI=1S/C11H16F3NO3/c1-10(2,3)18-9(17)15-6-7(11(12,13)14)4-5-8(15)16/h7H,4-6H2,1-3H3. The Labute approximate surface area is 103 Å². The molecule has 0 radical (unpaired) electrons. The van der Waals surface area contributed by atoms with Crippen LogP contribution in [0.2, 0.25) is 0 Å². The number of nitrogens with zero attached hydrogens (tertiary/aromatic N) is 1. The van der Waals surface area contributed by atoms with Gasteiger partial charge >= 0.3 is 12.3 Å². The van der Waals surface area contributed by atoms with Gasteiger partial charge in [0.25, 0.3) is 0 Å². The summed E-state index contributed by atoms with van der Waals surface area (Å²) in [5.41, 5.74) is -0.845. The first-order valence-electron chi connectivity index (χ1n) is 5.61. The molecule has 0 aromatic carbocycles. The number of carbonyl (C=O) groups excluding carboxylic acids is 2. The van der Waals surface area contributed by atoms with Crippen molar-refractivity contribution < 1.29 is 27.5 Å². The molecule has 1 aliphatic rings. The van der Waals surface area contributed by atoms with Crippen LogP contribution in [0.25, 0.3) is 0 Å². The van der Waals surface area contributed by atoms with Crippen molar-refractivity contribution in [2.24, 2.45) is 5.92 Å². The van der Waals surface area contributed by atoms with E-state index in [1.165, 1.54) is 0 Å². The molecule has 18 heavy (non-hydrogen) atoms. The van der Waals surface area contributed by atoms with E-state index in [2.05, 4.69) is 0 Å². The number of hydrogen-bond donors (Lipinski definition) is 0. The van der Waals surface area contributed by atoms with E-state index < -0.39 is 36.2 Å². The summed E-state index contributed by atoms with van der Waals surface area (Å²) in [5, 5.41) is 0. The Kier molecular flexibility index (Phi) is 3.92. The second kappa shape index (κ2) is 4.78. The fraction of sp³-hybridized carbons (Fsp3) is 0.818. The second-order valence-electron chi connectivity index (χ2n) is 5.26. The van der Waals surface area contributed by atoms with Gasteiger partial charge in [-0.1, -0.05) is 0 Å². The fourth-order valence-corrected chi connectivity index (χ4v) is 1.61. The summed E-state index contributed by atoms with van der Waals surface area (Å²) >= 11 is 0. The highest BCUT2D eigenvalue weighted by Gasteiger charge is 2.45. The van der Waals surface area contributed by atoms with E-state index in [0.29, 0.717) is 4.90 Å². The molecule has 0 aromatic rings. The average Bonchev–Trinajstić information content (AvgIpc) is 2.13. The van der Waals surface area contributed by atoms with E-state index in [1.807, 2.05) is 0 Å². The van der Waals surface area contributed by atoms with Crippen LogP contribution < -0.4 is 0 Å². The number of likely N-dealkylation sites (tertiary alicyclic amines) is 1. The van der Waals surface area contributed by atoms with Crippen LogP contribution in [0.15, 0.2) is 0 Å². The van der Waals surface area contributed by atoms with E-state index in [-0.39, 0.29) is 12.8 Å². The van der Waals surface area contributed by atoms with E-state index in [0.717, 1.165) is 0 Å². The van der Waals surface area contributed by atoms with Gasteiger partial charge in [-0.15, -0.1) is 0 Å². The zero-order chi connectivity index (χ0) is 14.1. The van der Waals surface area contributed by atoms with Crippen molar-refractivity contribution in [3.8, 4) is 0 Å². The van der Waals surface area contributed by atoms with E-state index in [1.54, 1.807) is 20.8 Å². The topological polar surface area (TPSA) is 46.6 Å². The molecule has 104 valence electrons. The van der Waals surface area contributed by atoms with Crippen molar-refractivity contribution in [1.82, 2.24) is 4.90 Å². The van der Waals surface area contributed by atoms with Gasteiger partial charge in [0.05, 0.1) is 5.92 Å². The van der Waals surface area contributed by atoms with E-state index in [4.69, 9.17) is 4.74 Å². The predicted molar refractivity (Wildman–Crippen MR) is 56.7 cm³/mol. The van der Waals surface area contributed by atoms with E-state index >= 15 is 0 Å². The molecule has 0 aromatic heterocycles. The molecule has 0 bridgehead atoms. The second-order valence-corrected chi connectivity index (χ2v) is 5.26. The van der Waals surface area contributed by atoms with Gasteiger partial charge in [-0.2, -0.15) is 13.2 Å². The van der Waals surface area contributed by atoms with Crippen molar-refractivity contribution in [1.29, 1.82) is 0 Å². The Hall–Kier alpha value is -1.27. The number of hydrogen-bond acceptors (Lipinski definition) is 3. The Balaban J connectivity index is 2.74. The van der Waals surface area contributed by atoms with Crippen molar-refractivity contribution in [2.75, 3.05) is 6.54 Å². The van der Waals surface area contributed by atoms with Crippen molar-refractivity contribution in [2.45, 2.75) is 45.4 Å². The first-order valence-corrected chi connectivity index (χ1v) is 5.61. The minimum atomic E-state index is -4.40.